The fraction of sp³-hybridized carbons (Fsp3) is 0.233. The molecular formula is C30H28ClN3O4. The summed E-state index contributed by atoms with van der Waals surface area (Å²) in [5.74, 6) is 0.0153. The highest BCUT2D eigenvalue weighted by Crippen LogP contribution is 2.33. The lowest BCUT2D eigenvalue weighted by atomic mass is 10.0. The Labute approximate surface area is 225 Å². The molecule has 5 aromatic rings. The topological polar surface area (TPSA) is 86.4 Å². The van der Waals surface area contributed by atoms with Crippen molar-refractivity contribution in [3.8, 4) is 11.3 Å². The van der Waals surface area contributed by atoms with Gasteiger partial charge in [-0.05, 0) is 70.2 Å². The van der Waals surface area contributed by atoms with E-state index < -0.39 is 11.6 Å². The van der Waals surface area contributed by atoms with Crippen molar-refractivity contribution in [2.45, 2.75) is 39.3 Å². The van der Waals surface area contributed by atoms with E-state index in [1.807, 2.05) is 71.3 Å². The Morgan fingerprint density at radius 2 is 1.87 bits per heavy atom. The number of rotatable bonds is 5. The Balaban J connectivity index is 1.57. The summed E-state index contributed by atoms with van der Waals surface area (Å²) in [7, 11) is 1.86. The number of nitrogens with one attached hydrogen (secondary N) is 1. The number of hydrogen-bond acceptors (Lipinski definition) is 6. The van der Waals surface area contributed by atoms with E-state index in [1.165, 1.54) is 6.07 Å². The maximum atomic E-state index is 13.2. The number of carbonyl (C=O) groups is 1. The van der Waals surface area contributed by atoms with Crippen molar-refractivity contribution in [1.82, 2.24) is 9.78 Å². The number of para-hydroxylation sites is 1. The van der Waals surface area contributed by atoms with Crippen molar-refractivity contribution in [1.29, 1.82) is 0 Å². The minimum atomic E-state index is -0.627. The third-order valence-corrected chi connectivity index (χ3v) is 6.33. The second-order valence-corrected chi connectivity index (χ2v) is 10.8. The molecule has 0 bridgehead atoms. The molecule has 1 unspecified atom stereocenters. The van der Waals surface area contributed by atoms with Crippen LogP contribution in [0.2, 0.25) is 5.02 Å². The van der Waals surface area contributed by atoms with Crippen LogP contribution >= 0.6 is 11.6 Å². The number of anilines is 1. The summed E-state index contributed by atoms with van der Waals surface area (Å²) in [6.45, 7) is 7.40. The number of aromatic nitrogens is 2. The minimum absolute atomic E-state index is 0.197. The summed E-state index contributed by atoms with van der Waals surface area (Å²) in [6, 6.07) is 17.4. The molecule has 0 fully saturated rings. The molecule has 0 saturated carbocycles. The number of carbonyl (C=O) groups excluding carboxylic acids is 1. The summed E-state index contributed by atoms with van der Waals surface area (Å²) in [5, 5.41) is 9.54. The van der Waals surface area contributed by atoms with Crippen LogP contribution < -0.4 is 10.7 Å². The zero-order valence-corrected chi connectivity index (χ0v) is 22.6. The van der Waals surface area contributed by atoms with Crippen molar-refractivity contribution < 1.29 is 13.9 Å². The van der Waals surface area contributed by atoms with Gasteiger partial charge in [0.15, 0.2) is 5.43 Å². The maximum absolute atomic E-state index is 13.2. The van der Waals surface area contributed by atoms with Gasteiger partial charge >= 0.3 is 5.97 Å². The van der Waals surface area contributed by atoms with Crippen molar-refractivity contribution in [2.75, 3.05) is 5.32 Å². The Morgan fingerprint density at radius 1 is 1.11 bits per heavy atom. The lowest BCUT2D eigenvalue weighted by Gasteiger charge is -2.22. The molecule has 3 aromatic carbocycles. The van der Waals surface area contributed by atoms with Gasteiger partial charge in [-0.15, -0.1) is 0 Å². The third-order valence-electron chi connectivity index (χ3n) is 6.11. The fourth-order valence-electron chi connectivity index (χ4n) is 4.45. The van der Waals surface area contributed by atoms with Crippen LogP contribution in [0.1, 0.15) is 49.7 Å². The number of nitrogens with zero attached hydrogens (tertiary/aromatic N) is 2. The fourth-order valence-corrected chi connectivity index (χ4v) is 4.67. The molecule has 1 atom stereocenters. The highest BCUT2D eigenvalue weighted by atomic mass is 35.5. The summed E-state index contributed by atoms with van der Waals surface area (Å²) in [5.41, 5.74) is 2.92. The van der Waals surface area contributed by atoms with Crippen LogP contribution in [0.3, 0.4) is 0 Å². The van der Waals surface area contributed by atoms with Crippen LogP contribution in [0, 0.1) is 0 Å². The van der Waals surface area contributed by atoms with Gasteiger partial charge in [0.05, 0.1) is 22.5 Å². The number of aryl methyl sites for hydroxylation is 1. The molecule has 38 heavy (non-hydrogen) atoms. The zero-order valence-electron chi connectivity index (χ0n) is 21.8. The molecule has 2 aromatic heterocycles. The summed E-state index contributed by atoms with van der Waals surface area (Å²) < 4.78 is 13.7. The van der Waals surface area contributed by atoms with E-state index in [9.17, 15) is 9.59 Å². The molecule has 1 N–H and O–H groups in total. The first-order chi connectivity index (χ1) is 18.0. The first-order valence-electron chi connectivity index (χ1n) is 12.3. The lowest BCUT2D eigenvalue weighted by molar-refractivity contribution is 0.00706. The van der Waals surface area contributed by atoms with Gasteiger partial charge in [-0.2, -0.15) is 5.10 Å². The van der Waals surface area contributed by atoms with Crippen LogP contribution in [0.15, 0.2) is 76.1 Å². The van der Waals surface area contributed by atoms with Crippen molar-refractivity contribution >= 4 is 45.1 Å². The van der Waals surface area contributed by atoms with E-state index in [0.29, 0.717) is 38.6 Å². The summed E-state index contributed by atoms with van der Waals surface area (Å²) >= 11 is 6.43. The highest BCUT2D eigenvalue weighted by Gasteiger charge is 2.22. The average molecular weight is 530 g/mol. The van der Waals surface area contributed by atoms with Gasteiger partial charge in [-0.3, -0.25) is 9.48 Å². The van der Waals surface area contributed by atoms with E-state index >= 15 is 0 Å². The predicted octanol–water partition coefficient (Wildman–Crippen LogP) is 7.13. The van der Waals surface area contributed by atoms with Crippen LogP contribution in [0.5, 0.6) is 0 Å². The van der Waals surface area contributed by atoms with Gasteiger partial charge < -0.3 is 14.5 Å². The van der Waals surface area contributed by atoms with Gasteiger partial charge in [0, 0.05) is 46.5 Å². The van der Waals surface area contributed by atoms with Gasteiger partial charge in [0.1, 0.15) is 16.9 Å². The predicted molar refractivity (Wildman–Crippen MR) is 151 cm³/mol. The second kappa shape index (κ2) is 9.65. The van der Waals surface area contributed by atoms with E-state index in [1.54, 1.807) is 28.9 Å². The monoisotopic (exact) mass is 529 g/mol. The lowest BCUT2D eigenvalue weighted by Crippen LogP contribution is -2.24. The second-order valence-electron chi connectivity index (χ2n) is 10.3. The molecule has 7 nitrogen and oxygen atoms in total. The Morgan fingerprint density at radius 3 is 2.63 bits per heavy atom. The molecular weight excluding hydrogens is 502 g/mol. The first-order valence-corrected chi connectivity index (χ1v) is 12.7. The summed E-state index contributed by atoms with van der Waals surface area (Å²) in [6.07, 6.45) is 1.91. The number of ether oxygens (including phenoxy) is 1. The molecule has 0 radical (unpaired) electrons. The third kappa shape index (κ3) is 5.15. The Kier molecular flexibility index (Phi) is 6.49. The normalized spacial score (nSPS) is 12.6. The van der Waals surface area contributed by atoms with Crippen LogP contribution in [-0.2, 0) is 11.8 Å². The van der Waals surface area contributed by atoms with E-state index in [-0.39, 0.29) is 11.5 Å². The SMILES string of the molecule is CC(Nc1ccccc1C(=O)OC(C)(C)C)c1cc(Cl)cc2c(=O)cc(-c3ccc4nn(C)cc4c3)oc12. The molecule has 0 spiro atoms. The number of halogens is 1. The molecule has 2 heterocycles. The van der Waals surface area contributed by atoms with E-state index in [4.69, 9.17) is 20.8 Å². The number of esters is 1. The molecule has 0 aliphatic heterocycles. The highest BCUT2D eigenvalue weighted by molar-refractivity contribution is 6.31. The number of benzene rings is 3. The first kappa shape index (κ1) is 25.5. The van der Waals surface area contributed by atoms with Gasteiger partial charge in [0.2, 0.25) is 0 Å². The molecule has 0 aliphatic carbocycles. The number of hydrogen-bond donors (Lipinski definition) is 1. The van der Waals surface area contributed by atoms with Crippen molar-refractivity contribution in [2.24, 2.45) is 7.05 Å². The van der Waals surface area contributed by atoms with E-state index in [2.05, 4.69) is 10.4 Å². The van der Waals surface area contributed by atoms with Crippen LogP contribution in [-0.4, -0.2) is 21.4 Å². The molecule has 194 valence electrons. The molecule has 8 heteroatoms. The van der Waals surface area contributed by atoms with Crippen LogP contribution in [0.4, 0.5) is 5.69 Å². The Bertz CT molecular complexity index is 1750. The van der Waals surface area contributed by atoms with E-state index in [0.717, 1.165) is 16.5 Å². The molecule has 0 saturated heterocycles. The molecule has 0 aliphatic rings. The number of fused-ring (bicyclic) bond motifs is 2. The standard InChI is InChI=1S/C30H28ClN3O4/c1-17(32-25-9-7-6-8-21(25)29(36)38-30(2,3)4)22-13-20(31)14-23-26(35)15-27(37-28(22)23)18-10-11-24-19(12-18)16-34(5)33-24/h6-17,32H,1-5H3. The van der Waals surface area contributed by atoms with Crippen molar-refractivity contribution in [3.05, 3.63) is 93.2 Å². The van der Waals surface area contributed by atoms with Gasteiger partial charge in [0.25, 0.3) is 0 Å². The summed E-state index contributed by atoms with van der Waals surface area (Å²) in [4.78, 5) is 26.0. The van der Waals surface area contributed by atoms with Crippen molar-refractivity contribution in [3.63, 3.8) is 0 Å². The average Bonchev–Trinajstić information content (AvgIpc) is 3.22. The zero-order chi connectivity index (χ0) is 27.2. The largest absolute Gasteiger partial charge is 0.456 e. The van der Waals surface area contributed by atoms with Crippen LogP contribution in [0.25, 0.3) is 33.2 Å². The quantitative estimate of drug-likeness (QED) is 0.244. The minimum Gasteiger partial charge on any atom is -0.456 e. The van der Waals surface area contributed by atoms with Gasteiger partial charge in [-0.25, -0.2) is 4.79 Å². The Hall–Kier alpha value is -4.10. The molecule has 5 rings (SSSR count). The smallest absolute Gasteiger partial charge is 0.340 e. The molecule has 0 amide bonds. The van der Waals surface area contributed by atoms with Gasteiger partial charge in [-0.1, -0.05) is 23.7 Å². The maximum Gasteiger partial charge on any atom is 0.340 e.